The zero-order valence-corrected chi connectivity index (χ0v) is 14.7. The first-order valence-corrected chi connectivity index (χ1v) is 8.35. The second kappa shape index (κ2) is 5.37. The summed E-state index contributed by atoms with van der Waals surface area (Å²) in [5, 5.41) is 0. The summed E-state index contributed by atoms with van der Waals surface area (Å²) in [6, 6.07) is 6.36. The molecule has 0 saturated carbocycles. The van der Waals surface area contributed by atoms with E-state index in [0.717, 1.165) is 29.4 Å². The Bertz CT molecular complexity index is 522. The van der Waals surface area contributed by atoms with E-state index >= 15 is 0 Å². The van der Waals surface area contributed by atoms with Crippen molar-refractivity contribution in [3.8, 4) is 0 Å². The third-order valence-corrected chi connectivity index (χ3v) is 5.23. The van der Waals surface area contributed by atoms with Crippen LogP contribution in [0, 0.1) is 0 Å². The van der Waals surface area contributed by atoms with E-state index < -0.39 is 0 Å². The lowest BCUT2D eigenvalue weighted by Gasteiger charge is -2.32. The van der Waals surface area contributed by atoms with E-state index in [0.29, 0.717) is 0 Å². The van der Waals surface area contributed by atoms with E-state index in [1.54, 1.807) is 0 Å². The van der Waals surface area contributed by atoms with Crippen molar-refractivity contribution in [3.05, 3.63) is 28.2 Å². The Morgan fingerprint density at radius 3 is 2.33 bits per heavy atom. The topological polar surface area (TPSA) is 27.7 Å². The molecule has 0 N–H and O–H groups in total. The van der Waals surface area contributed by atoms with Gasteiger partial charge in [0.2, 0.25) is 0 Å². The molecular formula is C16H22BBrO3. The third-order valence-electron chi connectivity index (χ3n) is 4.77. The molecule has 3 rings (SSSR count). The lowest BCUT2D eigenvalue weighted by molar-refractivity contribution is 0.00578. The molecule has 1 unspecified atom stereocenters. The Morgan fingerprint density at radius 2 is 1.76 bits per heavy atom. The first kappa shape index (κ1) is 15.5. The lowest BCUT2D eigenvalue weighted by atomic mass is 9.78. The molecule has 0 amide bonds. The number of benzene rings is 1. The quantitative estimate of drug-likeness (QED) is 0.761. The van der Waals surface area contributed by atoms with Crippen LogP contribution in [0.25, 0.3) is 0 Å². The van der Waals surface area contributed by atoms with E-state index in [-0.39, 0.29) is 24.4 Å². The van der Waals surface area contributed by atoms with E-state index in [1.807, 2.05) is 0 Å². The van der Waals surface area contributed by atoms with Gasteiger partial charge in [0, 0.05) is 11.1 Å². The maximum absolute atomic E-state index is 6.14. The van der Waals surface area contributed by atoms with Crippen molar-refractivity contribution in [1.82, 2.24) is 0 Å². The summed E-state index contributed by atoms with van der Waals surface area (Å²) in [6.07, 6.45) is 2.41. The normalized spacial score (nSPS) is 27.3. The number of hydrogen-bond acceptors (Lipinski definition) is 3. The van der Waals surface area contributed by atoms with Crippen molar-refractivity contribution < 1.29 is 14.0 Å². The van der Waals surface area contributed by atoms with Crippen LogP contribution in [-0.4, -0.2) is 24.9 Å². The van der Waals surface area contributed by atoms with E-state index in [1.165, 1.54) is 5.56 Å². The van der Waals surface area contributed by atoms with Crippen LogP contribution in [0.5, 0.6) is 0 Å². The van der Waals surface area contributed by atoms with Crippen molar-refractivity contribution in [2.75, 3.05) is 6.61 Å². The molecule has 0 spiro atoms. The van der Waals surface area contributed by atoms with Gasteiger partial charge in [0.25, 0.3) is 0 Å². The van der Waals surface area contributed by atoms with Gasteiger partial charge in [-0.2, -0.15) is 0 Å². The fraction of sp³-hybridized carbons (Fsp3) is 0.625. The minimum atomic E-state index is -0.326. The summed E-state index contributed by atoms with van der Waals surface area (Å²) in [7, 11) is -0.326. The van der Waals surface area contributed by atoms with Gasteiger partial charge in [-0.25, -0.2) is 0 Å². The van der Waals surface area contributed by atoms with Crippen molar-refractivity contribution in [1.29, 1.82) is 0 Å². The maximum Gasteiger partial charge on any atom is 0.494 e. The van der Waals surface area contributed by atoms with Gasteiger partial charge < -0.3 is 14.0 Å². The maximum atomic E-state index is 6.14. The van der Waals surface area contributed by atoms with E-state index in [4.69, 9.17) is 14.0 Å². The molecule has 2 saturated heterocycles. The van der Waals surface area contributed by atoms with Gasteiger partial charge >= 0.3 is 7.12 Å². The second-order valence-electron chi connectivity index (χ2n) is 6.91. The van der Waals surface area contributed by atoms with Crippen LogP contribution in [0.1, 0.15) is 52.2 Å². The highest BCUT2D eigenvalue weighted by molar-refractivity contribution is 9.10. The SMILES string of the molecule is CC1(C)OB(c2cc(Br)cc(C3CCCO3)c2)OC1(C)C. The highest BCUT2D eigenvalue weighted by Crippen LogP contribution is 2.37. The van der Waals surface area contributed by atoms with Crippen LogP contribution >= 0.6 is 15.9 Å². The summed E-state index contributed by atoms with van der Waals surface area (Å²) in [5.41, 5.74) is 1.62. The molecule has 0 bridgehead atoms. The Balaban J connectivity index is 1.89. The molecule has 0 aliphatic carbocycles. The first-order valence-electron chi connectivity index (χ1n) is 7.56. The molecule has 21 heavy (non-hydrogen) atoms. The fourth-order valence-corrected chi connectivity index (χ4v) is 3.31. The first-order chi connectivity index (χ1) is 9.78. The molecule has 114 valence electrons. The van der Waals surface area contributed by atoms with Gasteiger partial charge in [-0.05, 0) is 63.7 Å². The highest BCUT2D eigenvalue weighted by Gasteiger charge is 2.51. The molecule has 2 fully saturated rings. The Kier molecular flexibility index (Phi) is 3.98. The predicted octanol–water partition coefficient (Wildman–Crippen LogP) is 3.60. The lowest BCUT2D eigenvalue weighted by Crippen LogP contribution is -2.41. The van der Waals surface area contributed by atoms with Gasteiger partial charge in [0.15, 0.2) is 0 Å². The third kappa shape index (κ3) is 2.94. The molecule has 1 aromatic rings. The highest BCUT2D eigenvalue weighted by atomic mass is 79.9. The minimum absolute atomic E-state index is 0.198. The van der Waals surface area contributed by atoms with Crippen molar-refractivity contribution in [3.63, 3.8) is 0 Å². The molecule has 3 nitrogen and oxygen atoms in total. The van der Waals surface area contributed by atoms with Gasteiger partial charge in [-0.15, -0.1) is 0 Å². The molecule has 1 atom stereocenters. The van der Waals surface area contributed by atoms with Crippen molar-refractivity contribution in [2.24, 2.45) is 0 Å². The average molecular weight is 353 g/mol. The minimum Gasteiger partial charge on any atom is -0.399 e. The molecule has 2 aliphatic heterocycles. The van der Waals surface area contributed by atoms with Crippen LogP contribution in [0.3, 0.4) is 0 Å². The fourth-order valence-electron chi connectivity index (χ4n) is 2.78. The number of halogens is 1. The van der Waals surface area contributed by atoms with E-state index in [9.17, 15) is 0 Å². The molecule has 2 aliphatic rings. The number of hydrogen-bond donors (Lipinski definition) is 0. The van der Waals surface area contributed by atoms with Crippen LogP contribution in [0.2, 0.25) is 0 Å². The van der Waals surface area contributed by atoms with Crippen LogP contribution in [-0.2, 0) is 14.0 Å². The average Bonchev–Trinajstić information content (AvgIpc) is 2.96. The van der Waals surface area contributed by atoms with Crippen LogP contribution < -0.4 is 5.46 Å². The van der Waals surface area contributed by atoms with Crippen molar-refractivity contribution in [2.45, 2.75) is 57.8 Å². The molecular weight excluding hydrogens is 331 g/mol. The standard InChI is InChI=1S/C16H22BBrO3/c1-15(2)16(3,4)21-17(20-15)12-8-11(9-13(18)10-12)14-6-5-7-19-14/h8-10,14H,5-7H2,1-4H3. The van der Waals surface area contributed by atoms with Gasteiger partial charge in [-0.1, -0.05) is 22.0 Å². The summed E-state index contributed by atoms with van der Waals surface area (Å²) in [6.45, 7) is 9.15. The Morgan fingerprint density at radius 1 is 1.10 bits per heavy atom. The Hall–Kier alpha value is -0.355. The summed E-state index contributed by atoms with van der Waals surface area (Å²) in [4.78, 5) is 0. The Labute approximate surface area is 135 Å². The molecule has 0 aromatic heterocycles. The molecule has 0 radical (unpaired) electrons. The molecule has 5 heteroatoms. The zero-order valence-electron chi connectivity index (χ0n) is 13.1. The van der Waals surface area contributed by atoms with Gasteiger partial charge in [-0.3, -0.25) is 0 Å². The van der Waals surface area contributed by atoms with Gasteiger partial charge in [0.1, 0.15) is 0 Å². The largest absolute Gasteiger partial charge is 0.494 e. The molecule has 1 aromatic carbocycles. The zero-order chi connectivity index (χ0) is 15.3. The monoisotopic (exact) mass is 352 g/mol. The number of ether oxygens (including phenoxy) is 1. The van der Waals surface area contributed by atoms with Crippen molar-refractivity contribution >= 4 is 28.5 Å². The smallest absolute Gasteiger partial charge is 0.399 e. The predicted molar refractivity (Wildman–Crippen MR) is 87.8 cm³/mol. The summed E-state index contributed by atoms with van der Waals surface area (Å²) in [5.74, 6) is 0. The number of rotatable bonds is 2. The van der Waals surface area contributed by atoms with Gasteiger partial charge in [0.05, 0.1) is 17.3 Å². The molecule has 2 heterocycles. The van der Waals surface area contributed by atoms with Crippen LogP contribution in [0.4, 0.5) is 0 Å². The summed E-state index contributed by atoms with van der Waals surface area (Å²) < 4.78 is 19.1. The second-order valence-corrected chi connectivity index (χ2v) is 7.82. The van der Waals surface area contributed by atoms with Crippen LogP contribution in [0.15, 0.2) is 22.7 Å². The van der Waals surface area contributed by atoms with E-state index in [2.05, 4.69) is 61.8 Å². The summed E-state index contributed by atoms with van der Waals surface area (Å²) >= 11 is 3.60.